The van der Waals surface area contributed by atoms with Crippen LogP contribution in [0.15, 0.2) is 139 Å². The second-order valence-electron chi connectivity index (χ2n) is 11.2. The van der Waals surface area contributed by atoms with E-state index in [1.54, 1.807) is 0 Å². The van der Waals surface area contributed by atoms with Gasteiger partial charge in [-0.15, -0.1) is 5.73 Å². The summed E-state index contributed by atoms with van der Waals surface area (Å²) in [6.45, 7) is 8.00. The first-order valence-electron chi connectivity index (χ1n) is 16.9. The molecule has 0 amide bonds. The van der Waals surface area contributed by atoms with E-state index in [-0.39, 0.29) is 0 Å². The zero-order chi connectivity index (χ0) is 32.3. The molecule has 0 saturated carbocycles. The van der Waals surface area contributed by atoms with Gasteiger partial charge in [0.05, 0.1) is 22.7 Å². The van der Waals surface area contributed by atoms with Crippen molar-refractivity contribution in [2.75, 3.05) is 0 Å². The summed E-state index contributed by atoms with van der Waals surface area (Å²) in [5, 5.41) is 3.80. The summed E-state index contributed by atoms with van der Waals surface area (Å²) in [7, 11) is 0. The molecule has 0 saturated heterocycles. The molecule has 3 heteroatoms. The molecule has 0 fully saturated rings. The largest absolute Gasteiger partial charge is 0.310 e. The van der Waals surface area contributed by atoms with Crippen molar-refractivity contribution in [3.63, 3.8) is 0 Å². The minimum absolute atomic E-state index is 1.02. The van der Waals surface area contributed by atoms with Crippen LogP contribution in [0, 0.1) is 0 Å². The topological polar surface area (TPSA) is 22.8 Å². The third-order valence-electron chi connectivity index (χ3n) is 8.89. The Balaban J connectivity index is 0.000000848. The maximum absolute atomic E-state index is 4.84. The molecule has 0 bridgehead atoms. The molecule has 3 heterocycles. The number of allylic oxidation sites excluding steroid dienone is 4. The molecule has 2 aliphatic rings. The number of rotatable bonds is 4. The summed E-state index contributed by atoms with van der Waals surface area (Å²) in [5.41, 5.74) is 16.6. The summed E-state index contributed by atoms with van der Waals surface area (Å²) < 4.78 is 4.78. The van der Waals surface area contributed by atoms with Gasteiger partial charge in [0, 0.05) is 50.6 Å². The Labute approximate surface area is 277 Å². The van der Waals surface area contributed by atoms with Crippen LogP contribution < -0.4 is 0 Å². The lowest BCUT2D eigenvalue weighted by atomic mass is 9.93. The Morgan fingerprint density at radius 2 is 1.36 bits per heavy atom. The zero-order valence-corrected chi connectivity index (χ0v) is 27.5. The van der Waals surface area contributed by atoms with E-state index >= 15 is 0 Å². The van der Waals surface area contributed by atoms with Gasteiger partial charge in [-0.2, -0.15) is 0 Å². The first-order valence-corrected chi connectivity index (χ1v) is 16.9. The molecular weight excluding hydrogens is 571 g/mol. The van der Waals surface area contributed by atoms with Crippen molar-refractivity contribution in [3.8, 4) is 22.5 Å². The quantitative estimate of drug-likeness (QED) is 0.182. The lowest BCUT2D eigenvalue weighted by molar-refractivity contribution is 0.967. The van der Waals surface area contributed by atoms with Crippen LogP contribution in [0.3, 0.4) is 0 Å². The third-order valence-corrected chi connectivity index (χ3v) is 8.89. The molecule has 3 nitrogen and oxygen atoms in total. The average Bonchev–Trinajstić information content (AvgIpc) is 3.89. The third kappa shape index (κ3) is 4.97. The molecule has 9 rings (SSSR count). The van der Waals surface area contributed by atoms with Crippen molar-refractivity contribution in [2.45, 2.75) is 40.5 Å². The number of aromatic nitrogens is 3. The SMILES string of the molecule is C1=CC=CC=1c1ccc(-n2c3c(c4c(-c5cncc6c5c5ccccc5n6-c5ccccc5)cccc42)CCC=C3)cc1.CC.CC. The Kier molecular flexibility index (Phi) is 8.31. The van der Waals surface area contributed by atoms with Crippen molar-refractivity contribution in [1.82, 2.24) is 14.1 Å². The average molecular weight is 610 g/mol. The number of hydrogen-bond donors (Lipinski definition) is 0. The molecule has 0 unspecified atom stereocenters. The van der Waals surface area contributed by atoms with E-state index in [2.05, 4.69) is 136 Å². The van der Waals surface area contributed by atoms with Gasteiger partial charge >= 0.3 is 0 Å². The highest BCUT2D eigenvalue weighted by molar-refractivity contribution is 6.18. The van der Waals surface area contributed by atoms with E-state index < -0.39 is 0 Å². The van der Waals surface area contributed by atoms with Crippen LogP contribution in [-0.2, 0) is 6.42 Å². The van der Waals surface area contributed by atoms with Gasteiger partial charge in [0.15, 0.2) is 0 Å². The molecule has 0 aliphatic heterocycles. The molecule has 0 spiro atoms. The van der Waals surface area contributed by atoms with Gasteiger partial charge in [0.1, 0.15) is 0 Å². The first-order chi connectivity index (χ1) is 23.4. The van der Waals surface area contributed by atoms with Crippen LogP contribution in [0.25, 0.3) is 66.9 Å². The van der Waals surface area contributed by atoms with Crippen molar-refractivity contribution in [2.24, 2.45) is 0 Å². The van der Waals surface area contributed by atoms with Crippen LogP contribution in [0.2, 0.25) is 0 Å². The molecule has 0 atom stereocenters. The number of nitrogens with zero attached hydrogens (tertiary/aromatic N) is 3. The number of benzene rings is 4. The Morgan fingerprint density at radius 3 is 2.15 bits per heavy atom. The molecule has 47 heavy (non-hydrogen) atoms. The van der Waals surface area contributed by atoms with Crippen LogP contribution in [0.1, 0.15) is 50.9 Å². The Morgan fingerprint density at radius 1 is 0.617 bits per heavy atom. The highest BCUT2D eigenvalue weighted by Crippen LogP contribution is 2.44. The highest BCUT2D eigenvalue weighted by Gasteiger charge is 2.24. The van der Waals surface area contributed by atoms with Crippen molar-refractivity contribution >= 4 is 44.4 Å². The standard InChI is InChI=1S/C40H27N3.2C2H6/c1-2-13-29(14-3-1)43-36-19-9-7-16-33(36)40-34(25-41-26-38(40)43)31-17-10-20-37-39(31)32-15-6-8-18-35(32)42(37)30-23-21-28(22-24-30)27-11-4-5-12-27;2*1-2/h1-5,7-11,13-14,16-26H,6,15H2;2*1-2H3. The van der Waals surface area contributed by atoms with E-state index in [9.17, 15) is 0 Å². The van der Waals surface area contributed by atoms with Crippen LogP contribution in [0.4, 0.5) is 0 Å². The number of aryl methyl sites for hydroxylation is 1. The summed E-state index contributed by atoms with van der Waals surface area (Å²) in [5.74, 6) is 0. The maximum Gasteiger partial charge on any atom is 0.0730 e. The second kappa shape index (κ2) is 13.0. The van der Waals surface area contributed by atoms with E-state index in [4.69, 9.17) is 4.98 Å². The van der Waals surface area contributed by atoms with Gasteiger partial charge in [-0.25, -0.2) is 0 Å². The summed E-state index contributed by atoms with van der Waals surface area (Å²) in [4.78, 5) is 4.84. The summed E-state index contributed by atoms with van der Waals surface area (Å²) in [6.07, 6.45) is 16.9. The highest BCUT2D eigenvalue weighted by atomic mass is 15.0. The first kappa shape index (κ1) is 30.0. The molecular formula is C44H39N3. The van der Waals surface area contributed by atoms with Gasteiger partial charge in [0.2, 0.25) is 0 Å². The Hall–Kier alpha value is -5.63. The fraction of sp³-hybridized carbons (Fsp3) is 0.136. The van der Waals surface area contributed by atoms with Gasteiger partial charge in [-0.1, -0.05) is 101 Å². The number of hydrogen-bond acceptors (Lipinski definition) is 1. The van der Waals surface area contributed by atoms with Gasteiger partial charge < -0.3 is 9.13 Å². The predicted molar refractivity (Wildman–Crippen MR) is 202 cm³/mol. The minimum Gasteiger partial charge on any atom is -0.310 e. The normalized spacial score (nSPS) is 12.9. The molecule has 230 valence electrons. The van der Waals surface area contributed by atoms with Crippen LogP contribution in [0.5, 0.6) is 0 Å². The smallest absolute Gasteiger partial charge is 0.0730 e. The van der Waals surface area contributed by atoms with E-state index in [0.29, 0.717) is 0 Å². The number of fused-ring (bicyclic) bond motifs is 6. The molecule has 0 N–H and O–H groups in total. The second-order valence-corrected chi connectivity index (χ2v) is 11.2. The lowest BCUT2D eigenvalue weighted by Crippen LogP contribution is -2.00. The summed E-state index contributed by atoms with van der Waals surface area (Å²) in [6, 6.07) is 35.0. The van der Waals surface area contributed by atoms with E-state index in [0.717, 1.165) is 29.6 Å². The predicted octanol–water partition coefficient (Wildman–Crippen LogP) is 11.9. The molecule has 2 aliphatic carbocycles. The Bertz CT molecular complexity index is 2350. The number of pyridine rings is 1. The molecule has 3 aromatic heterocycles. The fourth-order valence-corrected chi connectivity index (χ4v) is 7.06. The number of para-hydroxylation sites is 2. The molecule has 7 aromatic rings. The van der Waals surface area contributed by atoms with Crippen molar-refractivity contribution < 1.29 is 0 Å². The molecule has 0 radical (unpaired) electrons. The monoisotopic (exact) mass is 609 g/mol. The van der Waals surface area contributed by atoms with Crippen molar-refractivity contribution in [3.05, 3.63) is 156 Å². The van der Waals surface area contributed by atoms with Gasteiger partial charge in [-0.05, 0) is 84.2 Å². The van der Waals surface area contributed by atoms with Crippen molar-refractivity contribution in [1.29, 1.82) is 0 Å². The van der Waals surface area contributed by atoms with Crippen LogP contribution in [-0.4, -0.2) is 14.1 Å². The fourth-order valence-electron chi connectivity index (χ4n) is 7.06. The maximum atomic E-state index is 4.84. The van der Waals surface area contributed by atoms with E-state index in [1.165, 1.54) is 60.8 Å². The summed E-state index contributed by atoms with van der Waals surface area (Å²) >= 11 is 0. The van der Waals surface area contributed by atoms with Gasteiger partial charge in [0.25, 0.3) is 0 Å². The van der Waals surface area contributed by atoms with Gasteiger partial charge in [-0.3, -0.25) is 4.98 Å². The van der Waals surface area contributed by atoms with Crippen LogP contribution >= 0.6 is 0 Å². The minimum atomic E-state index is 1.02. The molecule has 4 aromatic carbocycles. The zero-order valence-electron chi connectivity index (χ0n) is 27.5. The van der Waals surface area contributed by atoms with E-state index in [1.807, 2.05) is 46.0 Å². The lowest BCUT2D eigenvalue weighted by Gasteiger charge is -2.12.